The van der Waals surface area contributed by atoms with Gasteiger partial charge in [-0.3, -0.25) is 0 Å². The Morgan fingerprint density at radius 1 is 1.11 bits per heavy atom. The normalized spacial score (nSPS) is 23.7. The molecule has 0 saturated heterocycles. The SMILES string of the molecule is OC(c1ccc2c(c1)OCCCO2)C1CC=CCC1. The van der Waals surface area contributed by atoms with E-state index in [2.05, 4.69) is 12.2 Å². The molecule has 3 rings (SSSR count). The van der Waals surface area contributed by atoms with Crippen molar-refractivity contribution >= 4 is 0 Å². The lowest BCUT2D eigenvalue weighted by Gasteiger charge is -2.24. The molecule has 0 saturated carbocycles. The third-order valence-electron chi connectivity index (χ3n) is 3.87. The molecule has 2 unspecified atom stereocenters. The van der Waals surface area contributed by atoms with E-state index in [1.54, 1.807) is 0 Å². The minimum atomic E-state index is -0.415. The third-order valence-corrected chi connectivity index (χ3v) is 3.87. The highest BCUT2D eigenvalue weighted by Crippen LogP contribution is 2.37. The summed E-state index contributed by atoms with van der Waals surface area (Å²) in [4.78, 5) is 0. The maximum atomic E-state index is 10.5. The van der Waals surface area contributed by atoms with E-state index in [1.807, 2.05) is 18.2 Å². The summed E-state index contributed by atoms with van der Waals surface area (Å²) in [7, 11) is 0. The van der Waals surface area contributed by atoms with Crippen molar-refractivity contribution in [1.82, 2.24) is 0 Å². The summed E-state index contributed by atoms with van der Waals surface area (Å²) < 4.78 is 11.3. The Morgan fingerprint density at radius 2 is 1.95 bits per heavy atom. The van der Waals surface area contributed by atoms with Gasteiger partial charge in [-0.05, 0) is 42.9 Å². The molecule has 1 heterocycles. The predicted molar refractivity (Wildman–Crippen MR) is 73.5 cm³/mol. The van der Waals surface area contributed by atoms with E-state index in [4.69, 9.17) is 9.47 Å². The molecule has 0 radical (unpaired) electrons. The number of allylic oxidation sites excluding steroid dienone is 2. The second-order valence-corrected chi connectivity index (χ2v) is 5.25. The fourth-order valence-corrected chi connectivity index (χ4v) is 2.74. The molecule has 1 aromatic carbocycles. The van der Waals surface area contributed by atoms with E-state index >= 15 is 0 Å². The van der Waals surface area contributed by atoms with Crippen LogP contribution in [0.2, 0.25) is 0 Å². The first kappa shape index (κ1) is 12.5. The third kappa shape index (κ3) is 2.76. The van der Waals surface area contributed by atoms with E-state index in [0.717, 1.165) is 42.7 Å². The molecular weight excluding hydrogens is 240 g/mol. The molecule has 0 fully saturated rings. The molecular formula is C16H20O3. The van der Waals surface area contributed by atoms with Gasteiger partial charge in [-0.25, -0.2) is 0 Å². The number of rotatable bonds is 2. The molecule has 0 bridgehead atoms. The zero-order valence-corrected chi connectivity index (χ0v) is 11.0. The number of hydrogen-bond donors (Lipinski definition) is 1. The summed E-state index contributed by atoms with van der Waals surface area (Å²) in [5.74, 6) is 1.87. The Bertz CT molecular complexity index is 467. The van der Waals surface area contributed by atoms with Crippen LogP contribution in [0.4, 0.5) is 0 Å². The molecule has 19 heavy (non-hydrogen) atoms. The van der Waals surface area contributed by atoms with Gasteiger partial charge < -0.3 is 14.6 Å². The standard InChI is InChI=1S/C16H20O3/c17-16(12-5-2-1-3-6-12)13-7-8-14-15(11-13)19-10-4-9-18-14/h1-2,7-8,11-12,16-17H,3-6,9-10H2. The van der Waals surface area contributed by atoms with E-state index < -0.39 is 6.10 Å². The molecule has 0 spiro atoms. The molecule has 102 valence electrons. The monoisotopic (exact) mass is 260 g/mol. The molecule has 1 N–H and O–H groups in total. The first-order valence-corrected chi connectivity index (χ1v) is 7.07. The second-order valence-electron chi connectivity index (χ2n) is 5.25. The molecule has 2 atom stereocenters. The topological polar surface area (TPSA) is 38.7 Å². The molecule has 2 aliphatic rings. The van der Waals surface area contributed by atoms with Crippen molar-refractivity contribution in [3.8, 4) is 11.5 Å². The average molecular weight is 260 g/mol. The van der Waals surface area contributed by atoms with Gasteiger partial charge in [0.1, 0.15) is 0 Å². The minimum Gasteiger partial charge on any atom is -0.490 e. The average Bonchev–Trinajstić information content (AvgIpc) is 2.72. The number of ether oxygens (including phenoxy) is 2. The summed E-state index contributed by atoms with van der Waals surface area (Å²) in [6, 6.07) is 5.80. The van der Waals surface area contributed by atoms with Crippen molar-refractivity contribution in [3.05, 3.63) is 35.9 Å². The first-order chi connectivity index (χ1) is 9.34. The van der Waals surface area contributed by atoms with E-state index in [-0.39, 0.29) is 0 Å². The maximum Gasteiger partial charge on any atom is 0.161 e. The number of aliphatic hydroxyl groups excluding tert-OH is 1. The van der Waals surface area contributed by atoms with Crippen molar-refractivity contribution in [3.63, 3.8) is 0 Å². The summed E-state index contributed by atoms with van der Waals surface area (Å²) in [5.41, 5.74) is 0.935. The smallest absolute Gasteiger partial charge is 0.161 e. The summed E-state index contributed by atoms with van der Waals surface area (Å²) in [5, 5.41) is 10.5. The van der Waals surface area contributed by atoms with Gasteiger partial charge in [-0.15, -0.1) is 0 Å². The Kier molecular flexibility index (Phi) is 3.74. The van der Waals surface area contributed by atoms with Crippen molar-refractivity contribution in [2.75, 3.05) is 13.2 Å². The summed E-state index contributed by atoms with van der Waals surface area (Å²) >= 11 is 0. The first-order valence-electron chi connectivity index (χ1n) is 7.07. The zero-order valence-electron chi connectivity index (χ0n) is 11.0. The Morgan fingerprint density at radius 3 is 2.74 bits per heavy atom. The summed E-state index contributed by atoms with van der Waals surface area (Å²) in [6.45, 7) is 1.38. The van der Waals surface area contributed by atoms with Crippen LogP contribution in [0.1, 0.15) is 37.4 Å². The number of fused-ring (bicyclic) bond motifs is 1. The lowest BCUT2D eigenvalue weighted by atomic mass is 9.86. The lowest BCUT2D eigenvalue weighted by molar-refractivity contribution is 0.102. The van der Waals surface area contributed by atoms with E-state index in [1.165, 1.54) is 0 Å². The van der Waals surface area contributed by atoms with Gasteiger partial charge in [0.05, 0.1) is 19.3 Å². The number of benzene rings is 1. The van der Waals surface area contributed by atoms with Gasteiger partial charge in [0.15, 0.2) is 11.5 Å². The highest BCUT2D eigenvalue weighted by molar-refractivity contribution is 5.44. The Labute approximate surface area is 113 Å². The van der Waals surface area contributed by atoms with E-state index in [0.29, 0.717) is 19.1 Å². The van der Waals surface area contributed by atoms with Crippen LogP contribution in [-0.2, 0) is 0 Å². The van der Waals surface area contributed by atoms with E-state index in [9.17, 15) is 5.11 Å². The molecule has 3 heteroatoms. The van der Waals surface area contributed by atoms with Gasteiger partial charge in [0.25, 0.3) is 0 Å². The van der Waals surface area contributed by atoms with Gasteiger partial charge >= 0.3 is 0 Å². The number of aliphatic hydroxyl groups is 1. The van der Waals surface area contributed by atoms with Crippen LogP contribution in [0.3, 0.4) is 0 Å². The molecule has 1 aliphatic carbocycles. The Balaban J connectivity index is 1.80. The highest BCUT2D eigenvalue weighted by Gasteiger charge is 2.22. The van der Waals surface area contributed by atoms with Crippen LogP contribution < -0.4 is 9.47 Å². The molecule has 0 aromatic heterocycles. The van der Waals surface area contributed by atoms with Crippen LogP contribution in [0.25, 0.3) is 0 Å². The van der Waals surface area contributed by atoms with Crippen LogP contribution in [0.5, 0.6) is 11.5 Å². The molecule has 3 nitrogen and oxygen atoms in total. The van der Waals surface area contributed by atoms with Gasteiger partial charge in [0.2, 0.25) is 0 Å². The molecule has 1 aromatic rings. The van der Waals surface area contributed by atoms with Crippen molar-refractivity contribution in [2.45, 2.75) is 31.8 Å². The fraction of sp³-hybridized carbons (Fsp3) is 0.500. The zero-order chi connectivity index (χ0) is 13.1. The molecule has 0 amide bonds. The fourth-order valence-electron chi connectivity index (χ4n) is 2.74. The van der Waals surface area contributed by atoms with Crippen molar-refractivity contribution in [2.24, 2.45) is 5.92 Å². The lowest BCUT2D eigenvalue weighted by Crippen LogP contribution is -2.14. The minimum absolute atomic E-state index is 0.315. The quantitative estimate of drug-likeness (QED) is 0.830. The summed E-state index contributed by atoms with van der Waals surface area (Å²) in [6.07, 6.45) is 7.91. The molecule has 1 aliphatic heterocycles. The van der Waals surface area contributed by atoms with Crippen LogP contribution >= 0.6 is 0 Å². The van der Waals surface area contributed by atoms with Crippen molar-refractivity contribution in [1.29, 1.82) is 0 Å². The highest BCUT2D eigenvalue weighted by atomic mass is 16.5. The number of hydrogen-bond acceptors (Lipinski definition) is 3. The maximum absolute atomic E-state index is 10.5. The van der Waals surface area contributed by atoms with Gasteiger partial charge in [0, 0.05) is 6.42 Å². The van der Waals surface area contributed by atoms with Crippen LogP contribution in [0, 0.1) is 5.92 Å². The van der Waals surface area contributed by atoms with Gasteiger partial charge in [-0.1, -0.05) is 18.2 Å². The predicted octanol–water partition coefficient (Wildman–Crippen LogP) is 3.24. The van der Waals surface area contributed by atoms with Crippen LogP contribution in [-0.4, -0.2) is 18.3 Å². The van der Waals surface area contributed by atoms with Gasteiger partial charge in [-0.2, -0.15) is 0 Å². The van der Waals surface area contributed by atoms with Crippen molar-refractivity contribution < 1.29 is 14.6 Å². The largest absolute Gasteiger partial charge is 0.490 e. The Hall–Kier alpha value is -1.48. The van der Waals surface area contributed by atoms with Crippen LogP contribution in [0.15, 0.2) is 30.4 Å². The second kappa shape index (κ2) is 5.66.